The number of carbonyl (C=O) groups excluding carboxylic acids is 1. The van der Waals surface area contributed by atoms with Crippen LogP contribution in [0.2, 0.25) is 0 Å². The summed E-state index contributed by atoms with van der Waals surface area (Å²) in [7, 11) is -3.92. The molecule has 1 amide bonds. The van der Waals surface area contributed by atoms with Gasteiger partial charge in [-0.05, 0) is 44.2 Å². The summed E-state index contributed by atoms with van der Waals surface area (Å²) in [4.78, 5) is 30.9. The summed E-state index contributed by atoms with van der Waals surface area (Å²) in [5, 5.41) is 13.7. The van der Waals surface area contributed by atoms with Crippen LogP contribution in [0.15, 0.2) is 59.5 Å². The Labute approximate surface area is 178 Å². The van der Waals surface area contributed by atoms with Gasteiger partial charge >= 0.3 is 0 Å². The van der Waals surface area contributed by atoms with E-state index in [1.807, 2.05) is 0 Å². The fraction of sp³-hybridized carbons (Fsp3) is 0.150. The molecule has 0 atom stereocenters. The zero-order chi connectivity index (χ0) is 22.6. The number of rotatable bonds is 7. The first-order chi connectivity index (χ1) is 14.6. The van der Waals surface area contributed by atoms with Gasteiger partial charge in [0, 0.05) is 28.7 Å². The number of anilines is 2. The van der Waals surface area contributed by atoms with Gasteiger partial charge in [0.25, 0.3) is 15.7 Å². The van der Waals surface area contributed by atoms with E-state index in [1.54, 1.807) is 26.0 Å². The van der Waals surface area contributed by atoms with E-state index in [0.717, 1.165) is 0 Å². The second-order valence-electron chi connectivity index (χ2n) is 6.71. The van der Waals surface area contributed by atoms with Crippen molar-refractivity contribution in [1.29, 1.82) is 0 Å². The van der Waals surface area contributed by atoms with Crippen LogP contribution in [-0.2, 0) is 21.2 Å². The van der Waals surface area contributed by atoms with Crippen molar-refractivity contribution in [3.8, 4) is 0 Å². The summed E-state index contributed by atoms with van der Waals surface area (Å²) in [6.07, 6.45) is -0.192. The number of hydrogen-bond acceptors (Lipinski definition) is 7. The zero-order valence-electron chi connectivity index (χ0n) is 16.7. The third kappa shape index (κ3) is 5.60. The summed E-state index contributed by atoms with van der Waals surface area (Å²) in [6.45, 7) is 3.46. The Morgan fingerprint density at radius 2 is 1.65 bits per heavy atom. The zero-order valence-corrected chi connectivity index (χ0v) is 17.5. The summed E-state index contributed by atoms with van der Waals surface area (Å²) in [5.74, 6) is -0.494. The number of aromatic nitrogens is 2. The molecule has 2 N–H and O–H groups in total. The molecule has 0 spiro atoms. The Morgan fingerprint density at radius 1 is 1.03 bits per heavy atom. The van der Waals surface area contributed by atoms with Crippen LogP contribution in [0.25, 0.3) is 0 Å². The molecule has 10 nitrogen and oxygen atoms in total. The van der Waals surface area contributed by atoms with E-state index in [9.17, 15) is 23.3 Å². The maximum absolute atomic E-state index is 12.6. The van der Waals surface area contributed by atoms with E-state index in [2.05, 4.69) is 20.0 Å². The Balaban J connectivity index is 1.70. The lowest BCUT2D eigenvalue weighted by Gasteiger charge is -2.09. The fourth-order valence-electron chi connectivity index (χ4n) is 2.88. The number of nitrogens with zero attached hydrogens (tertiary/aromatic N) is 3. The lowest BCUT2D eigenvalue weighted by Crippen LogP contribution is -2.17. The first-order valence-corrected chi connectivity index (χ1v) is 10.6. The number of benzene rings is 2. The molecule has 3 aromatic rings. The van der Waals surface area contributed by atoms with Gasteiger partial charge in [0.2, 0.25) is 11.9 Å². The monoisotopic (exact) mass is 441 g/mol. The molecule has 1 heterocycles. The minimum absolute atomic E-state index is 0.0284. The van der Waals surface area contributed by atoms with Crippen molar-refractivity contribution in [2.24, 2.45) is 0 Å². The second kappa shape index (κ2) is 8.88. The van der Waals surface area contributed by atoms with Crippen molar-refractivity contribution in [2.45, 2.75) is 25.2 Å². The number of aryl methyl sites for hydroxylation is 2. The van der Waals surface area contributed by atoms with Crippen molar-refractivity contribution in [1.82, 2.24) is 9.97 Å². The van der Waals surface area contributed by atoms with Gasteiger partial charge in [-0.3, -0.25) is 14.9 Å². The molecule has 0 aliphatic rings. The SMILES string of the molecule is Cc1cc(C)nc(NS(=O)(=O)c2ccc(NC(=O)Cc3ccccc3[N+](=O)[O-])cc2)n1. The lowest BCUT2D eigenvalue weighted by atomic mass is 10.1. The Kier molecular flexibility index (Phi) is 6.25. The maximum atomic E-state index is 12.6. The van der Waals surface area contributed by atoms with Gasteiger partial charge in [-0.1, -0.05) is 18.2 Å². The molecule has 1 aromatic heterocycles. The minimum atomic E-state index is -3.92. The van der Waals surface area contributed by atoms with Crippen molar-refractivity contribution in [3.63, 3.8) is 0 Å². The lowest BCUT2D eigenvalue weighted by molar-refractivity contribution is -0.385. The number of nitrogens with one attached hydrogen (secondary N) is 2. The van der Waals surface area contributed by atoms with Gasteiger partial charge in [-0.25, -0.2) is 23.1 Å². The number of amides is 1. The molecular weight excluding hydrogens is 422 g/mol. The number of sulfonamides is 1. The summed E-state index contributed by atoms with van der Waals surface area (Å²) in [5.41, 5.74) is 1.75. The van der Waals surface area contributed by atoms with E-state index in [1.165, 1.54) is 42.5 Å². The van der Waals surface area contributed by atoms with E-state index in [-0.39, 0.29) is 28.5 Å². The number of nitro groups is 1. The Bertz CT molecular complexity index is 1220. The number of hydrogen-bond donors (Lipinski definition) is 2. The quantitative estimate of drug-likeness (QED) is 0.423. The summed E-state index contributed by atoms with van der Waals surface area (Å²) < 4.78 is 27.4. The van der Waals surface area contributed by atoms with Gasteiger partial charge in [-0.15, -0.1) is 0 Å². The van der Waals surface area contributed by atoms with Gasteiger partial charge in [0.15, 0.2) is 0 Å². The molecule has 0 unspecified atom stereocenters. The number of para-hydroxylation sites is 1. The Morgan fingerprint density at radius 3 is 2.26 bits per heavy atom. The van der Waals surface area contributed by atoms with Crippen molar-refractivity contribution in [2.75, 3.05) is 10.0 Å². The first kappa shape index (κ1) is 21.8. The highest BCUT2D eigenvalue weighted by atomic mass is 32.2. The van der Waals surface area contributed by atoms with Gasteiger partial charge in [0.05, 0.1) is 16.2 Å². The van der Waals surface area contributed by atoms with Crippen LogP contribution in [0.3, 0.4) is 0 Å². The molecule has 0 radical (unpaired) electrons. The first-order valence-electron chi connectivity index (χ1n) is 9.11. The van der Waals surface area contributed by atoms with Crippen LogP contribution in [0, 0.1) is 24.0 Å². The summed E-state index contributed by atoms with van der Waals surface area (Å²) >= 11 is 0. The minimum Gasteiger partial charge on any atom is -0.326 e. The predicted octanol–water partition coefficient (Wildman–Crippen LogP) is 2.98. The molecule has 160 valence electrons. The normalized spacial score (nSPS) is 11.0. The Hall–Kier alpha value is -3.86. The predicted molar refractivity (Wildman–Crippen MR) is 114 cm³/mol. The summed E-state index contributed by atoms with van der Waals surface area (Å²) in [6, 6.07) is 13.2. The van der Waals surface area contributed by atoms with Crippen LogP contribution < -0.4 is 10.0 Å². The molecule has 2 aromatic carbocycles. The largest absolute Gasteiger partial charge is 0.326 e. The molecule has 0 fully saturated rings. The number of nitro benzene ring substituents is 1. The average molecular weight is 441 g/mol. The molecule has 31 heavy (non-hydrogen) atoms. The fourth-order valence-corrected chi connectivity index (χ4v) is 3.83. The smallest absolute Gasteiger partial charge is 0.273 e. The molecule has 0 aliphatic carbocycles. The van der Waals surface area contributed by atoms with Crippen LogP contribution in [0.5, 0.6) is 0 Å². The van der Waals surface area contributed by atoms with E-state index >= 15 is 0 Å². The third-order valence-electron chi connectivity index (χ3n) is 4.20. The van der Waals surface area contributed by atoms with E-state index in [4.69, 9.17) is 0 Å². The van der Waals surface area contributed by atoms with Gasteiger partial charge in [-0.2, -0.15) is 0 Å². The molecule has 0 saturated carbocycles. The van der Waals surface area contributed by atoms with E-state index < -0.39 is 20.9 Å². The molecule has 0 bridgehead atoms. The average Bonchev–Trinajstić information content (AvgIpc) is 2.67. The maximum Gasteiger partial charge on any atom is 0.273 e. The third-order valence-corrected chi connectivity index (χ3v) is 5.54. The molecule has 11 heteroatoms. The molecular formula is C20H19N5O5S. The molecule has 3 rings (SSSR count). The van der Waals surface area contributed by atoms with Crippen LogP contribution in [-0.4, -0.2) is 29.2 Å². The molecule has 0 aliphatic heterocycles. The van der Waals surface area contributed by atoms with Crippen molar-refractivity contribution < 1.29 is 18.1 Å². The van der Waals surface area contributed by atoms with Gasteiger partial charge < -0.3 is 5.32 Å². The highest BCUT2D eigenvalue weighted by molar-refractivity contribution is 7.92. The topological polar surface area (TPSA) is 144 Å². The second-order valence-corrected chi connectivity index (χ2v) is 8.40. The van der Waals surface area contributed by atoms with Gasteiger partial charge in [0.1, 0.15) is 0 Å². The molecule has 0 saturated heterocycles. The van der Waals surface area contributed by atoms with Crippen LogP contribution in [0.1, 0.15) is 17.0 Å². The number of carbonyl (C=O) groups is 1. The van der Waals surface area contributed by atoms with E-state index in [0.29, 0.717) is 17.1 Å². The van der Waals surface area contributed by atoms with Crippen LogP contribution >= 0.6 is 0 Å². The highest BCUT2D eigenvalue weighted by Gasteiger charge is 2.18. The standard InChI is InChI=1S/C20H19N5O5S/c1-13-11-14(2)22-20(21-13)24-31(29,30)17-9-7-16(8-10-17)23-19(26)12-15-5-3-4-6-18(15)25(27)28/h3-11H,12H2,1-2H3,(H,23,26)(H,21,22,24). The van der Waals surface area contributed by atoms with Crippen molar-refractivity contribution in [3.05, 3.63) is 81.7 Å². The highest BCUT2D eigenvalue weighted by Crippen LogP contribution is 2.20. The van der Waals surface area contributed by atoms with Crippen molar-refractivity contribution >= 4 is 33.3 Å². The van der Waals surface area contributed by atoms with Crippen LogP contribution in [0.4, 0.5) is 17.3 Å².